The lowest BCUT2D eigenvalue weighted by Crippen LogP contribution is -2.44. The molecule has 1 heterocycles. The second-order valence-corrected chi connectivity index (χ2v) is 6.62. The summed E-state index contributed by atoms with van der Waals surface area (Å²) in [6.07, 6.45) is 4.42. The normalized spacial score (nSPS) is 14.2. The van der Waals surface area contributed by atoms with Gasteiger partial charge < -0.3 is 11.1 Å². The van der Waals surface area contributed by atoms with Gasteiger partial charge in [-0.2, -0.15) is 5.10 Å². The van der Waals surface area contributed by atoms with Crippen molar-refractivity contribution in [1.82, 2.24) is 9.78 Å². The van der Waals surface area contributed by atoms with Crippen LogP contribution in [-0.2, 0) is 6.54 Å². The van der Waals surface area contributed by atoms with E-state index in [1.807, 2.05) is 6.92 Å². The maximum Gasteiger partial charge on any atom is 0.287 e. The molecule has 0 aromatic carbocycles. The topological polar surface area (TPSA) is 72.9 Å². The molecule has 6 heteroatoms. The summed E-state index contributed by atoms with van der Waals surface area (Å²) in [6, 6.07) is 0. The van der Waals surface area contributed by atoms with Gasteiger partial charge in [0, 0.05) is 18.6 Å². The number of unbranched alkanes of at least 4 members (excludes halogenated alkanes) is 1. The van der Waals surface area contributed by atoms with Crippen molar-refractivity contribution in [3.05, 3.63) is 21.6 Å². The lowest BCUT2D eigenvalue weighted by Gasteiger charge is -2.32. The van der Waals surface area contributed by atoms with E-state index in [1.165, 1.54) is 4.68 Å². The molecular weight excluding hydrogens is 288 g/mol. The van der Waals surface area contributed by atoms with E-state index in [0.717, 1.165) is 19.3 Å². The molecular formula is C15H27ClN4O. The first-order valence-electron chi connectivity index (χ1n) is 7.57. The molecule has 0 saturated carbocycles. The molecule has 1 atom stereocenters. The third kappa shape index (κ3) is 5.00. The Bertz CT molecular complexity index is 515. The number of hydrogen-bond acceptors (Lipinski definition) is 4. The van der Waals surface area contributed by atoms with Crippen LogP contribution in [0, 0.1) is 5.92 Å². The van der Waals surface area contributed by atoms with Gasteiger partial charge in [-0.05, 0) is 25.7 Å². The van der Waals surface area contributed by atoms with Gasteiger partial charge in [0.1, 0.15) is 5.02 Å². The van der Waals surface area contributed by atoms with Gasteiger partial charge in [0.2, 0.25) is 0 Å². The maximum atomic E-state index is 12.2. The monoisotopic (exact) mass is 314 g/mol. The Balaban J connectivity index is 2.99. The average molecular weight is 315 g/mol. The minimum absolute atomic E-state index is 0.185. The fraction of sp³-hybridized carbons (Fsp3) is 0.733. The van der Waals surface area contributed by atoms with E-state index in [1.54, 1.807) is 6.20 Å². The predicted octanol–water partition coefficient (Wildman–Crippen LogP) is 2.87. The molecule has 0 aliphatic rings. The number of aromatic nitrogens is 2. The van der Waals surface area contributed by atoms with Crippen molar-refractivity contribution >= 4 is 17.3 Å². The van der Waals surface area contributed by atoms with Crippen LogP contribution in [0.1, 0.15) is 47.0 Å². The smallest absolute Gasteiger partial charge is 0.287 e. The summed E-state index contributed by atoms with van der Waals surface area (Å²) in [6.45, 7) is 9.43. The molecule has 5 nitrogen and oxygen atoms in total. The zero-order valence-electron chi connectivity index (χ0n) is 13.4. The number of rotatable bonds is 8. The zero-order chi connectivity index (χ0) is 16.0. The second-order valence-electron chi connectivity index (χ2n) is 6.24. The summed E-state index contributed by atoms with van der Waals surface area (Å²) >= 11 is 6.20. The first kappa shape index (κ1) is 18.0. The zero-order valence-corrected chi connectivity index (χ0v) is 14.2. The summed E-state index contributed by atoms with van der Waals surface area (Å²) in [4.78, 5) is 12.2. The van der Waals surface area contributed by atoms with E-state index in [9.17, 15) is 4.79 Å². The van der Waals surface area contributed by atoms with Crippen LogP contribution in [0.5, 0.6) is 0 Å². The van der Waals surface area contributed by atoms with E-state index >= 15 is 0 Å². The second kappa shape index (κ2) is 7.80. The third-order valence-electron chi connectivity index (χ3n) is 3.45. The summed E-state index contributed by atoms with van der Waals surface area (Å²) in [5.74, 6) is 0.489. The molecule has 21 heavy (non-hydrogen) atoms. The standard InChI is InChI=1S/C15H27ClN4O/c1-5-6-7-20-14(21)13(16)12(9-18-20)19-15(4,10-17)8-11(2)3/h9,11,19H,5-8,10,17H2,1-4H3. The summed E-state index contributed by atoms with van der Waals surface area (Å²) in [5.41, 5.74) is 5.88. The molecule has 0 aliphatic carbocycles. The predicted molar refractivity (Wildman–Crippen MR) is 89.0 cm³/mol. The molecule has 1 rings (SSSR count). The Morgan fingerprint density at radius 2 is 2.19 bits per heavy atom. The molecule has 3 N–H and O–H groups in total. The van der Waals surface area contributed by atoms with Crippen LogP contribution < -0.4 is 16.6 Å². The molecule has 1 aromatic rings. The van der Waals surface area contributed by atoms with Crippen molar-refractivity contribution < 1.29 is 0 Å². The van der Waals surface area contributed by atoms with Crippen molar-refractivity contribution in [3.63, 3.8) is 0 Å². The maximum absolute atomic E-state index is 12.2. The van der Waals surface area contributed by atoms with Crippen LogP contribution in [-0.4, -0.2) is 21.9 Å². The van der Waals surface area contributed by atoms with E-state index in [2.05, 4.69) is 31.2 Å². The number of nitrogens with one attached hydrogen (secondary N) is 1. The number of nitrogens with zero attached hydrogens (tertiary/aromatic N) is 2. The van der Waals surface area contributed by atoms with Gasteiger partial charge >= 0.3 is 0 Å². The highest BCUT2D eigenvalue weighted by Crippen LogP contribution is 2.24. The van der Waals surface area contributed by atoms with E-state index in [-0.39, 0.29) is 16.1 Å². The van der Waals surface area contributed by atoms with Crippen LogP contribution in [0.25, 0.3) is 0 Å². The molecule has 0 fully saturated rings. The van der Waals surface area contributed by atoms with Crippen LogP contribution in [0.3, 0.4) is 0 Å². The fourth-order valence-corrected chi connectivity index (χ4v) is 2.62. The van der Waals surface area contributed by atoms with Gasteiger partial charge in [-0.15, -0.1) is 0 Å². The van der Waals surface area contributed by atoms with Gasteiger partial charge in [0.15, 0.2) is 0 Å². The largest absolute Gasteiger partial charge is 0.376 e. The first-order valence-corrected chi connectivity index (χ1v) is 7.94. The van der Waals surface area contributed by atoms with Gasteiger partial charge in [0.25, 0.3) is 5.56 Å². The summed E-state index contributed by atoms with van der Waals surface area (Å²) in [7, 11) is 0. The Labute approximate surface area is 131 Å². The molecule has 0 aliphatic heterocycles. The number of nitrogens with two attached hydrogens (primary N) is 1. The lowest BCUT2D eigenvalue weighted by molar-refractivity contribution is 0.406. The molecule has 0 radical (unpaired) electrons. The van der Waals surface area contributed by atoms with Crippen molar-refractivity contribution in [1.29, 1.82) is 0 Å². The van der Waals surface area contributed by atoms with Crippen molar-refractivity contribution in [2.24, 2.45) is 11.7 Å². The Morgan fingerprint density at radius 3 is 2.71 bits per heavy atom. The Morgan fingerprint density at radius 1 is 1.52 bits per heavy atom. The lowest BCUT2D eigenvalue weighted by atomic mass is 9.90. The van der Waals surface area contributed by atoms with Crippen molar-refractivity contribution in [2.45, 2.75) is 59.0 Å². The number of halogens is 1. The molecule has 1 aromatic heterocycles. The first-order chi connectivity index (χ1) is 9.83. The highest BCUT2D eigenvalue weighted by molar-refractivity contribution is 6.32. The molecule has 0 bridgehead atoms. The number of aryl methyl sites for hydroxylation is 1. The van der Waals surface area contributed by atoms with Crippen LogP contribution in [0.4, 0.5) is 5.69 Å². The van der Waals surface area contributed by atoms with Crippen LogP contribution >= 0.6 is 11.6 Å². The fourth-order valence-electron chi connectivity index (χ4n) is 2.43. The molecule has 0 saturated heterocycles. The number of hydrogen-bond donors (Lipinski definition) is 2. The molecule has 0 spiro atoms. The van der Waals surface area contributed by atoms with Gasteiger partial charge in [-0.3, -0.25) is 4.79 Å². The molecule has 120 valence electrons. The molecule has 0 amide bonds. The van der Waals surface area contributed by atoms with Crippen LogP contribution in [0.15, 0.2) is 11.0 Å². The Hall–Kier alpha value is -1.07. The van der Waals surface area contributed by atoms with Gasteiger partial charge in [0.05, 0.1) is 11.9 Å². The highest BCUT2D eigenvalue weighted by atomic mass is 35.5. The average Bonchev–Trinajstić information content (AvgIpc) is 2.42. The van der Waals surface area contributed by atoms with Gasteiger partial charge in [-0.25, -0.2) is 4.68 Å². The molecule has 1 unspecified atom stereocenters. The van der Waals surface area contributed by atoms with E-state index in [4.69, 9.17) is 17.3 Å². The van der Waals surface area contributed by atoms with Gasteiger partial charge in [-0.1, -0.05) is 38.8 Å². The van der Waals surface area contributed by atoms with Crippen molar-refractivity contribution in [3.8, 4) is 0 Å². The van der Waals surface area contributed by atoms with E-state index in [0.29, 0.717) is 24.7 Å². The highest BCUT2D eigenvalue weighted by Gasteiger charge is 2.25. The summed E-state index contributed by atoms with van der Waals surface area (Å²) in [5, 5.41) is 7.67. The minimum atomic E-state index is -0.304. The van der Waals surface area contributed by atoms with Crippen molar-refractivity contribution in [2.75, 3.05) is 11.9 Å². The van der Waals surface area contributed by atoms with E-state index < -0.39 is 0 Å². The third-order valence-corrected chi connectivity index (χ3v) is 3.82. The SMILES string of the molecule is CCCCn1ncc(NC(C)(CN)CC(C)C)c(Cl)c1=O. The number of anilines is 1. The van der Waals surface area contributed by atoms with Crippen LogP contribution in [0.2, 0.25) is 5.02 Å². The Kier molecular flexibility index (Phi) is 6.68. The minimum Gasteiger partial charge on any atom is -0.376 e. The summed E-state index contributed by atoms with van der Waals surface area (Å²) < 4.78 is 1.42. The quantitative estimate of drug-likeness (QED) is 0.774.